The number of aromatic hydroxyl groups is 1. The van der Waals surface area contributed by atoms with Crippen molar-refractivity contribution in [3.63, 3.8) is 0 Å². The Morgan fingerprint density at radius 1 is 1.33 bits per heavy atom. The van der Waals surface area contributed by atoms with E-state index in [-0.39, 0.29) is 3.57 Å². The smallest absolute Gasteiger partial charge is 0.504 e. The average Bonchev–Trinajstić information content (AvgIpc) is 2.20. The fourth-order valence-corrected chi connectivity index (χ4v) is 2.51. The maximum Gasteiger partial charge on any atom is 0.534 e. The number of phenols is 1. The van der Waals surface area contributed by atoms with Crippen molar-refractivity contribution in [1.29, 1.82) is 0 Å². The molecule has 1 rings (SSSR count). The maximum absolute atomic E-state index is 12.2. The minimum absolute atomic E-state index is 0.109. The highest BCUT2D eigenvalue weighted by molar-refractivity contribution is 14.1. The Kier molecular flexibility index (Phi) is 4.06. The average molecular weight is 396 g/mol. The summed E-state index contributed by atoms with van der Waals surface area (Å²) < 4.78 is 62.3. The molecular weight excluding hydrogens is 388 g/mol. The van der Waals surface area contributed by atoms with E-state index in [1.54, 1.807) is 36.4 Å². The first-order chi connectivity index (χ1) is 7.97. The van der Waals surface area contributed by atoms with Gasteiger partial charge in [-0.25, -0.2) is 0 Å². The Labute approximate surface area is 115 Å². The molecule has 0 atom stereocenters. The van der Waals surface area contributed by atoms with Gasteiger partial charge in [0.15, 0.2) is 11.5 Å². The lowest BCUT2D eigenvalue weighted by molar-refractivity contribution is -0.0500. The molecule has 0 unspecified atom stereocenters. The van der Waals surface area contributed by atoms with Gasteiger partial charge in [-0.2, -0.15) is 21.6 Å². The molecule has 0 aliphatic carbocycles. The Balaban J connectivity index is 3.35. The summed E-state index contributed by atoms with van der Waals surface area (Å²) in [6, 6.07) is 1.14. The predicted molar refractivity (Wildman–Crippen MR) is 65.9 cm³/mol. The van der Waals surface area contributed by atoms with Crippen LogP contribution < -0.4 is 4.18 Å². The van der Waals surface area contributed by atoms with Gasteiger partial charge in [0.05, 0.1) is 3.57 Å². The summed E-state index contributed by atoms with van der Waals surface area (Å²) >= 11 is 1.61. The third kappa shape index (κ3) is 2.82. The van der Waals surface area contributed by atoms with Gasteiger partial charge in [0, 0.05) is 0 Å². The fourth-order valence-electron chi connectivity index (χ4n) is 1.07. The SMILES string of the molecule is Cc1cc(O)c(OS(=O)(=O)C(F)(F)F)c(I)c1C. The highest BCUT2D eigenvalue weighted by Crippen LogP contribution is 2.38. The summed E-state index contributed by atoms with van der Waals surface area (Å²) in [5.41, 5.74) is -4.41. The van der Waals surface area contributed by atoms with Crippen molar-refractivity contribution in [2.24, 2.45) is 0 Å². The summed E-state index contributed by atoms with van der Waals surface area (Å²) in [5, 5.41) is 9.46. The highest BCUT2D eigenvalue weighted by atomic mass is 127. The third-order valence-corrected chi connectivity index (χ3v) is 4.43. The lowest BCUT2D eigenvalue weighted by Gasteiger charge is -2.14. The van der Waals surface area contributed by atoms with E-state index in [9.17, 15) is 26.7 Å². The summed E-state index contributed by atoms with van der Waals surface area (Å²) in [7, 11) is -5.79. The second-order valence-electron chi connectivity index (χ2n) is 3.46. The molecule has 0 aromatic heterocycles. The first kappa shape index (κ1) is 15.3. The van der Waals surface area contributed by atoms with Crippen molar-refractivity contribution in [1.82, 2.24) is 0 Å². The van der Waals surface area contributed by atoms with Crippen LogP contribution in [0.25, 0.3) is 0 Å². The molecule has 0 spiro atoms. The van der Waals surface area contributed by atoms with Gasteiger partial charge in [0.25, 0.3) is 0 Å². The number of alkyl halides is 3. The Bertz CT molecular complexity index is 580. The fraction of sp³-hybridized carbons (Fsp3) is 0.333. The highest BCUT2D eigenvalue weighted by Gasteiger charge is 2.49. The number of aryl methyl sites for hydroxylation is 1. The lowest BCUT2D eigenvalue weighted by Crippen LogP contribution is -2.28. The zero-order valence-electron chi connectivity index (χ0n) is 9.17. The van der Waals surface area contributed by atoms with Crippen molar-refractivity contribution in [2.75, 3.05) is 0 Å². The van der Waals surface area contributed by atoms with E-state index in [1.807, 2.05) is 0 Å². The van der Waals surface area contributed by atoms with Crippen LogP contribution in [-0.4, -0.2) is 19.0 Å². The normalized spacial score (nSPS) is 12.6. The van der Waals surface area contributed by atoms with Gasteiger partial charge in [0.2, 0.25) is 0 Å². The molecule has 1 aromatic carbocycles. The molecule has 0 bridgehead atoms. The van der Waals surface area contributed by atoms with Crippen LogP contribution in [0.1, 0.15) is 11.1 Å². The van der Waals surface area contributed by atoms with Crippen molar-refractivity contribution in [3.8, 4) is 11.5 Å². The molecule has 4 nitrogen and oxygen atoms in total. The molecule has 0 aliphatic rings. The molecule has 0 aliphatic heterocycles. The minimum Gasteiger partial charge on any atom is -0.504 e. The van der Waals surface area contributed by atoms with Crippen LogP contribution in [0, 0.1) is 17.4 Å². The van der Waals surface area contributed by atoms with E-state index >= 15 is 0 Å². The van der Waals surface area contributed by atoms with Crippen LogP contribution in [0.2, 0.25) is 0 Å². The van der Waals surface area contributed by atoms with Gasteiger partial charge < -0.3 is 9.29 Å². The molecule has 0 fully saturated rings. The van der Waals surface area contributed by atoms with E-state index in [2.05, 4.69) is 4.18 Å². The van der Waals surface area contributed by atoms with E-state index in [0.29, 0.717) is 11.1 Å². The quantitative estimate of drug-likeness (QED) is 0.475. The number of benzene rings is 1. The Morgan fingerprint density at radius 2 is 1.83 bits per heavy atom. The number of hydrogen-bond donors (Lipinski definition) is 1. The largest absolute Gasteiger partial charge is 0.534 e. The van der Waals surface area contributed by atoms with Gasteiger partial charge in [0.1, 0.15) is 0 Å². The van der Waals surface area contributed by atoms with Crippen molar-refractivity contribution >= 4 is 32.7 Å². The number of hydrogen-bond acceptors (Lipinski definition) is 4. The Morgan fingerprint density at radius 3 is 2.28 bits per heavy atom. The molecule has 0 radical (unpaired) electrons. The lowest BCUT2D eigenvalue weighted by atomic mass is 10.1. The molecule has 0 heterocycles. The second kappa shape index (κ2) is 4.76. The maximum atomic E-state index is 12.2. The summed E-state index contributed by atoms with van der Waals surface area (Å²) in [6.07, 6.45) is 0. The van der Waals surface area contributed by atoms with Crippen molar-refractivity contribution in [3.05, 3.63) is 20.8 Å². The molecule has 0 saturated carbocycles. The van der Waals surface area contributed by atoms with E-state index in [0.717, 1.165) is 6.07 Å². The van der Waals surface area contributed by atoms with Crippen LogP contribution in [0.3, 0.4) is 0 Å². The zero-order chi connectivity index (χ0) is 14.3. The second-order valence-corrected chi connectivity index (χ2v) is 6.08. The molecular formula is C9H8F3IO4S. The van der Waals surface area contributed by atoms with Crippen LogP contribution in [-0.2, 0) is 10.1 Å². The molecule has 102 valence electrons. The molecule has 1 N–H and O–H groups in total. The number of rotatable bonds is 2. The van der Waals surface area contributed by atoms with Crippen LogP contribution in [0.15, 0.2) is 6.07 Å². The van der Waals surface area contributed by atoms with Gasteiger partial charge in [-0.1, -0.05) is 0 Å². The van der Waals surface area contributed by atoms with Gasteiger partial charge in [-0.05, 0) is 53.6 Å². The predicted octanol–water partition coefficient (Wildman–Crippen LogP) is 2.84. The van der Waals surface area contributed by atoms with Crippen LogP contribution >= 0.6 is 22.6 Å². The standard InChI is InChI=1S/C9H8F3IO4S/c1-4-3-6(14)8(7(13)5(4)2)17-18(15,16)9(10,11)12/h3,14H,1-2H3. The zero-order valence-corrected chi connectivity index (χ0v) is 12.1. The molecule has 0 amide bonds. The molecule has 18 heavy (non-hydrogen) atoms. The molecule has 0 saturated heterocycles. The third-order valence-electron chi connectivity index (χ3n) is 2.18. The molecule has 9 heteroatoms. The first-order valence-electron chi connectivity index (χ1n) is 4.47. The van der Waals surface area contributed by atoms with Crippen molar-refractivity contribution < 1.29 is 30.9 Å². The van der Waals surface area contributed by atoms with Crippen LogP contribution in [0.5, 0.6) is 11.5 Å². The topological polar surface area (TPSA) is 63.6 Å². The first-order valence-corrected chi connectivity index (χ1v) is 6.95. The van der Waals surface area contributed by atoms with E-state index in [1.165, 1.54) is 0 Å². The van der Waals surface area contributed by atoms with Crippen molar-refractivity contribution in [2.45, 2.75) is 19.4 Å². The van der Waals surface area contributed by atoms with E-state index in [4.69, 9.17) is 0 Å². The summed E-state index contributed by atoms with van der Waals surface area (Å²) in [4.78, 5) is 0. The number of halogens is 4. The van der Waals surface area contributed by atoms with Gasteiger partial charge in [-0.3, -0.25) is 0 Å². The van der Waals surface area contributed by atoms with Gasteiger partial charge >= 0.3 is 15.6 Å². The monoisotopic (exact) mass is 396 g/mol. The van der Waals surface area contributed by atoms with E-state index < -0.39 is 27.1 Å². The minimum atomic E-state index is -5.79. The Hall–Kier alpha value is -0.710. The number of phenolic OH excluding ortho intramolecular Hbond substituents is 1. The van der Waals surface area contributed by atoms with Crippen LogP contribution in [0.4, 0.5) is 13.2 Å². The summed E-state index contributed by atoms with van der Waals surface area (Å²) in [6.45, 7) is 3.20. The summed E-state index contributed by atoms with van der Waals surface area (Å²) in [5.74, 6) is -1.37. The van der Waals surface area contributed by atoms with Gasteiger partial charge in [-0.15, -0.1) is 0 Å². The molecule has 1 aromatic rings.